The maximum Gasteiger partial charge on any atom is 0.253 e. The van der Waals surface area contributed by atoms with Crippen LogP contribution in [0.3, 0.4) is 0 Å². The number of primary amides is 1. The van der Waals surface area contributed by atoms with Crippen LogP contribution in [0, 0.1) is 0 Å². The summed E-state index contributed by atoms with van der Waals surface area (Å²) in [6, 6.07) is 2.45. The van der Waals surface area contributed by atoms with Crippen LogP contribution in [0.5, 0.6) is 0 Å². The number of hydrogen-bond acceptors (Lipinski definition) is 6. The topological polar surface area (TPSA) is 110 Å². The minimum absolute atomic E-state index is 0.238. The Morgan fingerprint density at radius 2 is 1.97 bits per heavy atom. The number of thiophene rings is 2. The van der Waals surface area contributed by atoms with Crippen LogP contribution >= 0.6 is 22.7 Å². The van der Waals surface area contributed by atoms with Gasteiger partial charge in [0.15, 0.2) is 0 Å². The van der Waals surface area contributed by atoms with Crippen LogP contribution in [-0.4, -0.2) is 37.1 Å². The molecule has 1 unspecified atom stereocenters. The highest BCUT2D eigenvalue weighted by Crippen LogP contribution is 2.38. The highest BCUT2D eigenvalue weighted by atomic mass is 32.2. The first-order valence-electron chi connectivity index (χ1n) is 9.70. The van der Waals surface area contributed by atoms with Gasteiger partial charge < -0.3 is 11.1 Å². The number of nitrogens with zero attached hydrogens (tertiary/aromatic N) is 1. The van der Waals surface area contributed by atoms with Gasteiger partial charge in [0.25, 0.3) is 15.9 Å². The molecule has 2 aliphatic rings. The predicted molar refractivity (Wildman–Crippen MR) is 114 cm³/mol. The molecule has 29 heavy (non-hydrogen) atoms. The van der Waals surface area contributed by atoms with Crippen molar-refractivity contribution in [2.45, 2.75) is 55.2 Å². The number of hydrogen-bond donors (Lipinski definition) is 2. The number of carbonyl (C=O) groups excluding carboxylic acids is 2. The molecule has 2 aromatic rings. The summed E-state index contributed by atoms with van der Waals surface area (Å²) in [7, 11) is -3.73. The summed E-state index contributed by atoms with van der Waals surface area (Å²) in [5.74, 6) is -0.947. The van der Waals surface area contributed by atoms with Crippen LogP contribution in [0.2, 0.25) is 0 Å². The van der Waals surface area contributed by atoms with E-state index < -0.39 is 27.9 Å². The van der Waals surface area contributed by atoms with E-state index in [0.717, 1.165) is 53.9 Å². The highest BCUT2D eigenvalue weighted by Gasteiger charge is 2.39. The van der Waals surface area contributed by atoms with Crippen molar-refractivity contribution in [2.75, 3.05) is 11.9 Å². The lowest BCUT2D eigenvalue weighted by Crippen LogP contribution is -2.49. The zero-order valence-electron chi connectivity index (χ0n) is 15.8. The van der Waals surface area contributed by atoms with E-state index in [2.05, 4.69) is 5.32 Å². The molecule has 1 fully saturated rings. The zero-order chi connectivity index (χ0) is 20.6. The van der Waals surface area contributed by atoms with E-state index in [1.165, 1.54) is 15.6 Å². The fourth-order valence-electron chi connectivity index (χ4n) is 4.09. The molecule has 0 spiro atoms. The standard InChI is InChI=1S/C19H23N3O4S3/c20-17(23)16-12-6-1-2-8-14(12)28-19(16)21-18(24)13-7-3-4-10-22(13)29(25,26)15-9-5-11-27-15/h5,9,11,13H,1-4,6-8,10H2,(H2,20,23)(H,21,24). The second-order valence-electron chi connectivity index (χ2n) is 7.33. The molecule has 1 atom stereocenters. The van der Waals surface area contributed by atoms with E-state index in [0.29, 0.717) is 30.0 Å². The minimum Gasteiger partial charge on any atom is -0.365 e. The van der Waals surface area contributed by atoms with Crippen LogP contribution in [0.1, 0.15) is 52.9 Å². The van der Waals surface area contributed by atoms with Crippen molar-refractivity contribution in [3.8, 4) is 0 Å². The van der Waals surface area contributed by atoms with Gasteiger partial charge in [-0.2, -0.15) is 4.31 Å². The van der Waals surface area contributed by atoms with Crippen LogP contribution < -0.4 is 11.1 Å². The second kappa shape index (κ2) is 8.17. The van der Waals surface area contributed by atoms with Crippen molar-refractivity contribution in [3.05, 3.63) is 33.5 Å². The molecule has 7 nitrogen and oxygen atoms in total. The lowest BCUT2D eigenvalue weighted by molar-refractivity contribution is -0.120. The van der Waals surface area contributed by atoms with E-state index >= 15 is 0 Å². The van der Waals surface area contributed by atoms with Gasteiger partial charge in [0.2, 0.25) is 5.91 Å². The van der Waals surface area contributed by atoms with Gasteiger partial charge in [-0.25, -0.2) is 8.42 Å². The number of sulfonamides is 1. The number of fused-ring (bicyclic) bond motifs is 1. The molecule has 4 rings (SSSR count). The fraction of sp³-hybridized carbons (Fsp3) is 0.474. The molecule has 1 aliphatic heterocycles. The maximum absolute atomic E-state index is 13.1. The maximum atomic E-state index is 13.1. The van der Waals surface area contributed by atoms with Crippen molar-refractivity contribution in [2.24, 2.45) is 5.73 Å². The van der Waals surface area contributed by atoms with Gasteiger partial charge in [-0.15, -0.1) is 22.7 Å². The van der Waals surface area contributed by atoms with Crippen molar-refractivity contribution in [1.82, 2.24) is 4.31 Å². The van der Waals surface area contributed by atoms with Crippen LogP contribution in [0.25, 0.3) is 0 Å². The number of piperidine rings is 1. The van der Waals surface area contributed by atoms with Gasteiger partial charge in [-0.3, -0.25) is 9.59 Å². The third-order valence-corrected chi connectivity index (χ3v) is 9.96. The first-order chi connectivity index (χ1) is 13.9. The Morgan fingerprint density at radius 1 is 1.17 bits per heavy atom. The molecule has 3 heterocycles. The molecule has 2 amide bonds. The molecule has 0 aromatic carbocycles. The molecule has 0 radical (unpaired) electrons. The third kappa shape index (κ3) is 3.86. The molecular formula is C19H23N3O4S3. The number of carbonyl (C=O) groups is 2. The summed E-state index contributed by atoms with van der Waals surface area (Å²) in [6.07, 6.45) is 5.64. The molecule has 156 valence electrons. The monoisotopic (exact) mass is 453 g/mol. The van der Waals surface area contributed by atoms with Gasteiger partial charge in [0, 0.05) is 11.4 Å². The Morgan fingerprint density at radius 3 is 2.69 bits per heavy atom. The Balaban J connectivity index is 1.62. The van der Waals surface area contributed by atoms with Gasteiger partial charge >= 0.3 is 0 Å². The summed E-state index contributed by atoms with van der Waals surface area (Å²) in [5.41, 5.74) is 6.94. The number of amides is 2. The summed E-state index contributed by atoms with van der Waals surface area (Å²) in [6.45, 7) is 0.307. The SMILES string of the molecule is NC(=O)c1c(NC(=O)C2CCCCN2S(=O)(=O)c2cccs2)sc2c1CCCC2. The van der Waals surface area contributed by atoms with Crippen LogP contribution in [0.4, 0.5) is 5.00 Å². The zero-order valence-corrected chi connectivity index (χ0v) is 18.3. The second-order valence-corrected chi connectivity index (χ2v) is 11.5. The van der Waals surface area contributed by atoms with E-state index in [1.807, 2.05) is 0 Å². The molecule has 1 saturated heterocycles. The Labute approximate surface area is 178 Å². The molecular weight excluding hydrogens is 430 g/mol. The third-order valence-electron chi connectivity index (χ3n) is 5.47. The van der Waals surface area contributed by atoms with Crippen molar-refractivity contribution >= 4 is 49.5 Å². The van der Waals surface area contributed by atoms with Crippen molar-refractivity contribution < 1.29 is 18.0 Å². The minimum atomic E-state index is -3.73. The fourth-order valence-corrected chi connectivity index (χ4v) is 8.16. The van der Waals surface area contributed by atoms with Crippen molar-refractivity contribution in [3.63, 3.8) is 0 Å². The first kappa shape index (κ1) is 20.5. The summed E-state index contributed by atoms with van der Waals surface area (Å²) in [4.78, 5) is 26.3. The average molecular weight is 454 g/mol. The Hall–Kier alpha value is -1.75. The smallest absolute Gasteiger partial charge is 0.253 e. The molecule has 3 N–H and O–H groups in total. The number of rotatable bonds is 5. The number of nitrogens with one attached hydrogen (secondary N) is 1. The van der Waals surface area contributed by atoms with Gasteiger partial charge in [0.05, 0.1) is 5.56 Å². The predicted octanol–water partition coefficient (Wildman–Crippen LogP) is 2.97. The summed E-state index contributed by atoms with van der Waals surface area (Å²) < 4.78 is 27.6. The quantitative estimate of drug-likeness (QED) is 0.725. The average Bonchev–Trinajstić information content (AvgIpc) is 3.36. The van der Waals surface area contributed by atoms with E-state index in [-0.39, 0.29) is 4.21 Å². The lowest BCUT2D eigenvalue weighted by Gasteiger charge is -2.33. The molecule has 10 heteroatoms. The Kier molecular flexibility index (Phi) is 5.78. The van der Waals surface area contributed by atoms with Gasteiger partial charge in [0.1, 0.15) is 15.3 Å². The van der Waals surface area contributed by atoms with Gasteiger partial charge in [-0.05, 0) is 55.5 Å². The molecule has 0 saturated carbocycles. The highest BCUT2D eigenvalue weighted by molar-refractivity contribution is 7.91. The Bertz CT molecular complexity index is 1030. The largest absolute Gasteiger partial charge is 0.365 e. The van der Waals surface area contributed by atoms with Crippen LogP contribution in [0.15, 0.2) is 21.7 Å². The van der Waals surface area contributed by atoms with Crippen LogP contribution in [-0.2, 0) is 27.7 Å². The number of nitrogens with two attached hydrogens (primary N) is 1. The summed E-state index contributed by atoms with van der Waals surface area (Å²) >= 11 is 2.54. The molecule has 1 aliphatic carbocycles. The van der Waals surface area contributed by atoms with E-state index in [1.54, 1.807) is 17.5 Å². The number of aryl methyl sites for hydroxylation is 1. The number of anilines is 1. The summed E-state index contributed by atoms with van der Waals surface area (Å²) in [5, 5.41) is 5.00. The first-order valence-corrected chi connectivity index (χ1v) is 12.8. The lowest BCUT2D eigenvalue weighted by atomic mass is 9.95. The van der Waals surface area contributed by atoms with Crippen molar-refractivity contribution in [1.29, 1.82) is 0 Å². The van der Waals surface area contributed by atoms with E-state index in [9.17, 15) is 18.0 Å². The molecule has 0 bridgehead atoms. The normalized spacial score (nSPS) is 20.2. The van der Waals surface area contributed by atoms with Gasteiger partial charge in [-0.1, -0.05) is 12.5 Å². The van der Waals surface area contributed by atoms with E-state index in [4.69, 9.17) is 5.73 Å². The molecule has 2 aromatic heterocycles.